The number of hydrogen-bond acceptors (Lipinski definition) is 6. The van der Waals surface area contributed by atoms with Crippen LogP contribution in [0.15, 0.2) is 35.1 Å². The van der Waals surface area contributed by atoms with Crippen LogP contribution in [0.25, 0.3) is 22.6 Å². The molecule has 1 N–H and O–H groups in total. The zero-order valence-corrected chi connectivity index (χ0v) is 18.9. The third-order valence-electron chi connectivity index (χ3n) is 6.08. The van der Waals surface area contributed by atoms with Crippen LogP contribution in [0.4, 0.5) is 10.2 Å². The molecule has 1 aromatic carbocycles. The van der Waals surface area contributed by atoms with Gasteiger partial charge in [-0.2, -0.15) is 0 Å². The summed E-state index contributed by atoms with van der Waals surface area (Å²) in [7, 11) is 3.09. The van der Waals surface area contributed by atoms with Crippen LogP contribution in [-0.4, -0.2) is 48.5 Å². The van der Waals surface area contributed by atoms with Crippen molar-refractivity contribution < 1.29 is 13.9 Å². The monoisotopic (exact) mass is 465 g/mol. The van der Waals surface area contributed by atoms with Gasteiger partial charge in [0.15, 0.2) is 5.82 Å². The van der Waals surface area contributed by atoms with E-state index < -0.39 is 11.7 Å². The molecule has 0 spiro atoms. The van der Waals surface area contributed by atoms with Crippen molar-refractivity contribution in [2.45, 2.75) is 32.4 Å². The second kappa shape index (κ2) is 8.82. The highest BCUT2D eigenvalue weighted by Crippen LogP contribution is 2.24. The zero-order chi connectivity index (χ0) is 23.8. The first kappa shape index (κ1) is 22.0. The number of methoxy groups -OCH3 is 1. The molecule has 0 atom stereocenters. The molecule has 1 aliphatic rings. The lowest BCUT2D eigenvalue weighted by molar-refractivity contribution is 0.102. The van der Waals surface area contributed by atoms with E-state index in [-0.39, 0.29) is 23.6 Å². The van der Waals surface area contributed by atoms with E-state index in [0.29, 0.717) is 29.2 Å². The van der Waals surface area contributed by atoms with Crippen molar-refractivity contribution in [1.82, 2.24) is 28.9 Å². The number of pyridine rings is 1. The second-order valence-electron chi connectivity index (χ2n) is 8.22. The Kier molecular flexibility index (Phi) is 5.70. The van der Waals surface area contributed by atoms with Gasteiger partial charge in [0.2, 0.25) is 0 Å². The summed E-state index contributed by atoms with van der Waals surface area (Å²) in [4.78, 5) is 30.0. The number of aromatic nitrogens is 6. The fraction of sp³-hybridized carbons (Fsp3) is 0.348. The fourth-order valence-electron chi connectivity index (χ4n) is 4.31. The number of ether oxygens (including phenoxy) is 1. The Morgan fingerprint density at radius 1 is 1.21 bits per heavy atom. The lowest BCUT2D eigenvalue weighted by Gasteiger charge is -2.14. The minimum atomic E-state index is -0.729. The summed E-state index contributed by atoms with van der Waals surface area (Å²) in [6, 6.07) is 7.76. The van der Waals surface area contributed by atoms with Crippen molar-refractivity contribution in [1.29, 1.82) is 0 Å². The molecule has 0 saturated carbocycles. The van der Waals surface area contributed by atoms with Gasteiger partial charge in [-0.25, -0.2) is 14.2 Å². The summed E-state index contributed by atoms with van der Waals surface area (Å²) in [6.07, 6.45) is 3.00. The molecule has 0 fully saturated rings. The summed E-state index contributed by atoms with van der Waals surface area (Å²) in [6.45, 7) is 1.41. The van der Waals surface area contributed by atoms with Gasteiger partial charge >= 0.3 is 5.69 Å². The van der Waals surface area contributed by atoms with Crippen LogP contribution in [0, 0.1) is 5.82 Å². The Morgan fingerprint density at radius 2 is 2.06 bits per heavy atom. The molecule has 0 saturated heterocycles. The van der Waals surface area contributed by atoms with E-state index in [4.69, 9.17) is 4.74 Å². The molecular weight excluding hydrogens is 441 g/mol. The molecule has 0 aliphatic carbocycles. The number of benzene rings is 1. The van der Waals surface area contributed by atoms with Gasteiger partial charge in [0, 0.05) is 33.2 Å². The number of anilines is 1. The third kappa shape index (κ3) is 3.77. The van der Waals surface area contributed by atoms with Gasteiger partial charge < -0.3 is 14.6 Å². The maximum absolute atomic E-state index is 14.9. The maximum atomic E-state index is 14.9. The summed E-state index contributed by atoms with van der Waals surface area (Å²) in [5, 5.41) is 11.2. The highest BCUT2D eigenvalue weighted by atomic mass is 19.1. The number of hydrogen-bond donors (Lipinski definition) is 1. The second-order valence-corrected chi connectivity index (χ2v) is 8.22. The maximum Gasteiger partial charge on any atom is 0.328 e. The highest BCUT2D eigenvalue weighted by Gasteiger charge is 2.21. The first-order valence-electron chi connectivity index (χ1n) is 11.1. The molecule has 1 amide bonds. The van der Waals surface area contributed by atoms with Gasteiger partial charge in [0.05, 0.1) is 29.7 Å². The first-order chi connectivity index (χ1) is 16.5. The normalized spacial score (nSPS) is 13.3. The minimum absolute atomic E-state index is 0.184. The quantitative estimate of drug-likeness (QED) is 0.468. The van der Waals surface area contributed by atoms with E-state index in [9.17, 15) is 14.0 Å². The van der Waals surface area contributed by atoms with Crippen molar-refractivity contribution >= 4 is 22.8 Å². The summed E-state index contributed by atoms with van der Waals surface area (Å²) in [5.41, 5.74) is 0.928. The number of carbonyl (C=O) groups is 1. The number of amides is 1. The lowest BCUT2D eigenvalue weighted by atomic mass is 10.1. The fourth-order valence-corrected chi connectivity index (χ4v) is 4.31. The summed E-state index contributed by atoms with van der Waals surface area (Å²) < 4.78 is 24.8. The Labute approximate surface area is 194 Å². The molecule has 0 radical (unpaired) electrons. The van der Waals surface area contributed by atoms with Crippen molar-refractivity contribution in [3.05, 3.63) is 58.0 Å². The number of nitrogens with one attached hydrogen (secondary N) is 1. The SMILES string of the molecule is COCCn1c(=O)n(C)c2cc(F)c(C(=O)Nc3cccc(-c4nnc5n4CCCC5)n3)cc21. The van der Waals surface area contributed by atoms with Gasteiger partial charge in [-0.05, 0) is 31.0 Å². The zero-order valence-electron chi connectivity index (χ0n) is 18.9. The predicted molar refractivity (Wildman–Crippen MR) is 123 cm³/mol. The minimum Gasteiger partial charge on any atom is -0.383 e. The largest absolute Gasteiger partial charge is 0.383 e. The number of aryl methyl sites for hydroxylation is 2. The average molecular weight is 465 g/mol. The molecular formula is C23H24FN7O3. The van der Waals surface area contributed by atoms with Gasteiger partial charge in [-0.3, -0.25) is 13.9 Å². The van der Waals surface area contributed by atoms with E-state index in [2.05, 4.69) is 20.5 Å². The first-order valence-corrected chi connectivity index (χ1v) is 11.1. The van der Waals surface area contributed by atoms with Crippen LogP contribution in [0.1, 0.15) is 29.0 Å². The van der Waals surface area contributed by atoms with Crippen molar-refractivity contribution in [3.8, 4) is 11.5 Å². The molecule has 4 aromatic rings. The number of fused-ring (bicyclic) bond motifs is 2. The molecule has 1 aliphatic heterocycles. The summed E-state index contributed by atoms with van der Waals surface area (Å²) >= 11 is 0. The van der Waals surface area contributed by atoms with Gasteiger partial charge in [-0.1, -0.05) is 6.07 Å². The van der Waals surface area contributed by atoms with Crippen LogP contribution in [-0.2, 0) is 31.3 Å². The predicted octanol–water partition coefficient (Wildman–Crippen LogP) is 2.37. The topological polar surface area (TPSA) is 109 Å². The lowest BCUT2D eigenvalue weighted by Crippen LogP contribution is -2.23. The number of carbonyl (C=O) groups excluding carboxylic acids is 1. The Balaban J connectivity index is 1.46. The van der Waals surface area contributed by atoms with E-state index >= 15 is 0 Å². The molecule has 3 aromatic heterocycles. The van der Waals surface area contributed by atoms with Crippen molar-refractivity contribution in [2.24, 2.45) is 7.05 Å². The molecule has 11 heteroatoms. The van der Waals surface area contributed by atoms with Crippen LogP contribution in [0.5, 0.6) is 0 Å². The van der Waals surface area contributed by atoms with Gasteiger partial charge in [-0.15, -0.1) is 10.2 Å². The van der Waals surface area contributed by atoms with Crippen LogP contribution in [0.2, 0.25) is 0 Å². The van der Waals surface area contributed by atoms with E-state index in [1.807, 2.05) is 4.57 Å². The Morgan fingerprint density at radius 3 is 2.88 bits per heavy atom. The highest BCUT2D eigenvalue weighted by molar-refractivity contribution is 6.05. The van der Waals surface area contributed by atoms with E-state index in [1.54, 1.807) is 25.2 Å². The van der Waals surface area contributed by atoms with Gasteiger partial charge in [0.1, 0.15) is 23.2 Å². The number of nitrogens with zero attached hydrogens (tertiary/aromatic N) is 6. The van der Waals surface area contributed by atoms with E-state index in [0.717, 1.165) is 31.6 Å². The van der Waals surface area contributed by atoms with Crippen molar-refractivity contribution in [2.75, 3.05) is 19.0 Å². The Hall–Kier alpha value is -3.86. The number of halogens is 1. The molecule has 0 bridgehead atoms. The van der Waals surface area contributed by atoms with Gasteiger partial charge in [0.25, 0.3) is 5.91 Å². The van der Waals surface area contributed by atoms with Crippen molar-refractivity contribution in [3.63, 3.8) is 0 Å². The molecule has 0 unspecified atom stereocenters. The van der Waals surface area contributed by atoms with Crippen LogP contribution >= 0.6 is 0 Å². The smallest absolute Gasteiger partial charge is 0.328 e. The standard InChI is InChI=1S/C23H24FN7O3/c1-29-17-13-15(24)14(12-18(17)30(23(29)33)10-11-34-2)22(32)26-19-7-5-6-16(25-19)21-28-27-20-8-3-4-9-31(20)21/h5-7,12-13H,3-4,8-11H2,1-2H3,(H,25,26,32). The van der Waals surface area contributed by atoms with Crippen LogP contribution < -0.4 is 11.0 Å². The molecule has 4 heterocycles. The Bertz CT molecular complexity index is 1450. The molecule has 5 rings (SSSR count). The number of imidazole rings is 1. The summed E-state index contributed by atoms with van der Waals surface area (Å²) in [5.74, 6) is 0.439. The molecule has 34 heavy (non-hydrogen) atoms. The third-order valence-corrected chi connectivity index (χ3v) is 6.08. The molecule has 10 nitrogen and oxygen atoms in total. The van der Waals surface area contributed by atoms with E-state index in [1.165, 1.54) is 28.4 Å². The molecule has 176 valence electrons. The number of rotatable bonds is 6. The average Bonchev–Trinajstić information content (AvgIpc) is 3.37. The van der Waals surface area contributed by atoms with Crippen LogP contribution in [0.3, 0.4) is 0 Å².